The normalized spacial score (nSPS) is 15.6. The van der Waals surface area contributed by atoms with Crippen molar-refractivity contribution in [2.24, 2.45) is 0 Å². The Morgan fingerprint density at radius 3 is 2.55 bits per heavy atom. The molecular weight excluding hydrogens is 590 g/mol. The summed E-state index contributed by atoms with van der Waals surface area (Å²) in [7, 11) is 1.54. The lowest BCUT2D eigenvalue weighted by Gasteiger charge is -2.21. The molecule has 224 valence electrons. The predicted octanol–water partition coefficient (Wildman–Crippen LogP) is 7.66. The fourth-order valence-corrected chi connectivity index (χ4v) is 4.74. The number of hydrogen-bond donors (Lipinski definition) is 0. The van der Waals surface area contributed by atoms with Crippen molar-refractivity contribution in [1.82, 2.24) is 0 Å². The summed E-state index contributed by atoms with van der Waals surface area (Å²) in [4.78, 5) is 26.5. The molecule has 1 saturated heterocycles. The Hall–Kier alpha value is -5.36. The number of halogens is 1. The number of carbonyl (C=O) groups is 1. The van der Waals surface area contributed by atoms with Crippen LogP contribution in [0.3, 0.4) is 0 Å². The molecule has 11 nitrogen and oxygen atoms in total. The van der Waals surface area contributed by atoms with Crippen LogP contribution in [0, 0.1) is 28.0 Å². The molecule has 0 atom stereocenters. The van der Waals surface area contributed by atoms with Gasteiger partial charge in [0.1, 0.15) is 23.9 Å². The van der Waals surface area contributed by atoms with Gasteiger partial charge in [-0.15, -0.1) is 0 Å². The number of allylic oxidation sites excluding steroid dienone is 6. The van der Waals surface area contributed by atoms with Crippen LogP contribution in [0.2, 0.25) is 5.02 Å². The summed E-state index contributed by atoms with van der Waals surface area (Å²) in [6, 6.07) is 10.9. The summed E-state index contributed by atoms with van der Waals surface area (Å²) in [6.07, 6.45) is 6.58. The third kappa shape index (κ3) is 7.72. The van der Waals surface area contributed by atoms with E-state index in [-0.39, 0.29) is 28.8 Å². The summed E-state index contributed by atoms with van der Waals surface area (Å²) in [5.41, 5.74) is 2.65. The molecule has 2 aromatic rings. The van der Waals surface area contributed by atoms with Gasteiger partial charge in [-0.25, -0.2) is 14.9 Å². The van der Waals surface area contributed by atoms with Gasteiger partial charge < -0.3 is 23.7 Å². The van der Waals surface area contributed by atoms with E-state index in [0.717, 1.165) is 5.57 Å². The van der Waals surface area contributed by atoms with Crippen LogP contribution in [0.5, 0.6) is 5.75 Å². The van der Waals surface area contributed by atoms with Crippen molar-refractivity contribution in [3.63, 3.8) is 0 Å². The molecule has 2 aromatic carbocycles. The molecule has 4 rings (SSSR count). The Morgan fingerprint density at radius 1 is 1.18 bits per heavy atom. The Bertz CT molecular complexity index is 1680. The molecular formula is C32H26ClN3O8. The summed E-state index contributed by atoms with van der Waals surface area (Å²) in [5.74, 6) is 1.36. The first-order chi connectivity index (χ1) is 21.2. The molecule has 2 aliphatic heterocycles. The predicted molar refractivity (Wildman–Crippen MR) is 161 cm³/mol. The van der Waals surface area contributed by atoms with Crippen molar-refractivity contribution < 1.29 is 33.4 Å². The van der Waals surface area contributed by atoms with Crippen molar-refractivity contribution in [1.29, 1.82) is 5.26 Å². The molecule has 2 aliphatic rings. The lowest BCUT2D eigenvalue weighted by atomic mass is 10.00. The van der Waals surface area contributed by atoms with Gasteiger partial charge in [-0.2, -0.15) is 0 Å². The van der Waals surface area contributed by atoms with Crippen LogP contribution in [0.4, 0.5) is 10.5 Å². The Balaban J connectivity index is 1.67. The van der Waals surface area contributed by atoms with E-state index in [4.69, 9.17) is 41.9 Å². The highest BCUT2D eigenvalue weighted by molar-refractivity contribution is 6.34. The fraction of sp³-hybridized carbons (Fsp3) is 0.219. The van der Waals surface area contributed by atoms with E-state index in [2.05, 4.69) is 4.85 Å². The summed E-state index contributed by atoms with van der Waals surface area (Å²) in [6.45, 7) is 9.82. The van der Waals surface area contributed by atoms with Gasteiger partial charge in [-0.3, -0.25) is 10.1 Å². The molecule has 44 heavy (non-hydrogen) atoms. The Morgan fingerprint density at radius 2 is 1.91 bits per heavy atom. The first-order valence-electron chi connectivity index (χ1n) is 13.3. The van der Waals surface area contributed by atoms with E-state index < -0.39 is 11.1 Å². The van der Waals surface area contributed by atoms with Crippen LogP contribution in [0.1, 0.15) is 36.5 Å². The molecule has 0 radical (unpaired) electrons. The minimum atomic E-state index is -1.05. The number of hydrogen-bond acceptors (Lipinski definition) is 9. The molecule has 0 saturated carbocycles. The van der Waals surface area contributed by atoms with Gasteiger partial charge in [0.25, 0.3) is 11.4 Å². The Kier molecular flexibility index (Phi) is 10.5. The van der Waals surface area contributed by atoms with Crippen molar-refractivity contribution in [3.05, 3.63) is 126 Å². The van der Waals surface area contributed by atoms with Crippen LogP contribution in [0.25, 0.3) is 16.7 Å². The standard InChI is InChI=1S/C32H26ClN3O8/c1-20-16-24(28(18-34)35-2)17-26(43-20)10-6-22-7-11-27(30(40-3)23-12-14-41-15-13-23)29(33)31(22)44-32(37)42-19-21-4-8-25(9-5-21)36(38)39/h4-11,16-17H,12-15,19H2,1,3H3/b10-6+,28-24+. The monoisotopic (exact) mass is 615 g/mol. The van der Waals surface area contributed by atoms with Gasteiger partial charge in [-0.05, 0) is 79.0 Å². The lowest BCUT2D eigenvalue weighted by Crippen LogP contribution is -2.13. The van der Waals surface area contributed by atoms with Crippen molar-refractivity contribution >= 4 is 35.3 Å². The lowest BCUT2D eigenvalue weighted by molar-refractivity contribution is -0.384. The number of non-ortho nitro benzene ring substituents is 1. The number of ether oxygens (including phenoxy) is 5. The maximum Gasteiger partial charge on any atom is 0.514 e. The largest absolute Gasteiger partial charge is 0.514 e. The van der Waals surface area contributed by atoms with Crippen LogP contribution < -0.4 is 4.74 Å². The summed E-state index contributed by atoms with van der Waals surface area (Å²) < 4.78 is 27.8. The van der Waals surface area contributed by atoms with E-state index in [9.17, 15) is 20.2 Å². The van der Waals surface area contributed by atoms with Crippen LogP contribution >= 0.6 is 11.6 Å². The van der Waals surface area contributed by atoms with Crippen LogP contribution in [0.15, 0.2) is 83.0 Å². The molecule has 12 heteroatoms. The number of benzene rings is 2. The van der Waals surface area contributed by atoms with E-state index in [1.807, 2.05) is 6.07 Å². The minimum Gasteiger partial charge on any atom is -0.496 e. The van der Waals surface area contributed by atoms with Gasteiger partial charge in [0.2, 0.25) is 0 Å². The molecule has 0 spiro atoms. The number of methoxy groups -OCH3 is 1. The average molecular weight is 616 g/mol. The fourth-order valence-electron chi connectivity index (χ4n) is 4.44. The second-order valence-electron chi connectivity index (χ2n) is 9.42. The second-order valence-corrected chi connectivity index (χ2v) is 9.80. The maximum absolute atomic E-state index is 12.8. The molecule has 2 heterocycles. The third-order valence-corrected chi connectivity index (χ3v) is 6.91. The van der Waals surface area contributed by atoms with Crippen LogP contribution in [-0.2, 0) is 25.6 Å². The second kappa shape index (κ2) is 14.7. The summed E-state index contributed by atoms with van der Waals surface area (Å²) in [5, 5.41) is 20.3. The van der Waals surface area contributed by atoms with E-state index in [1.54, 1.807) is 43.4 Å². The zero-order valence-corrected chi connectivity index (χ0v) is 24.6. The molecule has 0 aromatic heterocycles. The first-order valence-corrected chi connectivity index (χ1v) is 13.6. The quantitative estimate of drug-likeness (QED) is 0.0557. The van der Waals surface area contributed by atoms with E-state index in [1.165, 1.54) is 31.4 Å². The number of nitro benzene ring substituents is 1. The molecule has 0 unspecified atom stereocenters. The molecule has 0 bridgehead atoms. The zero-order chi connectivity index (χ0) is 31.6. The van der Waals surface area contributed by atoms with Gasteiger partial charge in [0.05, 0.1) is 42.9 Å². The number of nitriles is 1. The van der Waals surface area contributed by atoms with E-state index >= 15 is 0 Å². The van der Waals surface area contributed by atoms with Crippen molar-refractivity contribution in [2.75, 3.05) is 20.3 Å². The van der Waals surface area contributed by atoms with Gasteiger partial charge >= 0.3 is 6.16 Å². The third-order valence-electron chi connectivity index (χ3n) is 6.54. The van der Waals surface area contributed by atoms with Gasteiger partial charge in [0, 0.05) is 23.3 Å². The maximum atomic E-state index is 12.8. The average Bonchev–Trinajstić information content (AvgIpc) is 3.02. The zero-order valence-electron chi connectivity index (χ0n) is 23.8. The first kappa shape index (κ1) is 31.6. The van der Waals surface area contributed by atoms with Crippen molar-refractivity contribution in [3.8, 4) is 11.8 Å². The van der Waals surface area contributed by atoms with E-state index in [0.29, 0.717) is 65.6 Å². The number of carbonyl (C=O) groups excluding carboxylic acids is 1. The van der Waals surface area contributed by atoms with Crippen LogP contribution in [-0.4, -0.2) is 31.4 Å². The number of nitrogens with zero attached hydrogens (tertiary/aromatic N) is 3. The highest BCUT2D eigenvalue weighted by atomic mass is 35.5. The smallest absolute Gasteiger partial charge is 0.496 e. The Labute approximate surface area is 258 Å². The highest BCUT2D eigenvalue weighted by Crippen LogP contribution is 2.40. The molecule has 0 aliphatic carbocycles. The molecule has 1 fully saturated rings. The topological polar surface area (TPSA) is 135 Å². The highest BCUT2D eigenvalue weighted by Gasteiger charge is 2.23. The molecule has 0 amide bonds. The molecule has 0 N–H and O–H groups in total. The number of nitro groups is 1. The minimum absolute atomic E-state index is 0.00497. The SMILES string of the molecule is [C-]#[N+]/C(C#N)=C1\C=C(C)OC(/C=C/c2ccc(C(OC)=C3CCOCC3)c(Cl)c2OC(=O)OCc2ccc([N+](=O)[O-])cc2)=C1. The van der Waals surface area contributed by atoms with Gasteiger partial charge in [0.15, 0.2) is 5.75 Å². The number of rotatable bonds is 8. The summed E-state index contributed by atoms with van der Waals surface area (Å²) >= 11 is 6.85. The van der Waals surface area contributed by atoms with Crippen molar-refractivity contribution in [2.45, 2.75) is 26.4 Å². The van der Waals surface area contributed by atoms with Gasteiger partial charge in [-0.1, -0.05) is 17.7 Å².